The number of rotatable bonds is 10. The van der Waals surface area contributed by atoms with Crippen molar-refractivity contribution in [1.82, 2.24) is 4.90 Å². The predicted molar refractivity (Wildman–Crippen MR) is 92.5 cm³/mol. The van der Waals surface area contributed by atoms with Crippen LogP contribution in [0.15, 0.2) is 49.6 Å². The molecule has 1 amide bonds. The first kappa shape index (κ1) is 18.6. The summed E-state index contributed by atoms with van der Waals surface area (Å²) in [6.07, 6.45) is 4.27. The van der Waals surface area contributed by atoms with Crippen molar-refractivity contribution in [3.8, 4) is 0 Å². The number of hydrogen-bond donors (Lipinski definition) is 1. The maximum atomic E-state index is 12.0. The molecule has 0 aliphatic rings. The van der Waals surface area contributed by atoms with E-state index in [9.17, 15) is 9.59 Å². The van der Waals surface area contributed by atoms with E-state index in [1.807, 2.05) is 11.8 Å². The summed E-state index contributed by atoms with van der Waals surface area (Å²) in [7, 11) is 0. The molecule has 0 heterocycles. The van der Waals surface area contributed by atoms with E-state index in [2.05, 4.69) is 18.5 Å². The summed E-state index contributed by atoms with van der Waals surface area (Å²) in [4.78, 5) is 25.6. The lowest BCUT2D eigenvalue weighted by Gasteiger charge is -2.18. The summed E-state index contributed by atoms with van der Waals surface area (Å²) in [5, 5.41) is 2.80. The highest BCUT2D eigenvalue weighted by Gasteiger charge is 2.10. The van der Waals surface area contributed by atoms with Crippen molar-refractivity contribution < 1.29 is 14.3 Å². The molecule has 5 nitrogen and oxygen atoms in total. The van der Waals surface area contributed by atoms with Crippen LogP contribution in [0.25, 0.3) is 0 Å². The highest BCUT2D eigenvalue weighted by Crippen LogP contribution is 2.11. The van der Waals surface area contributed by atoms with Crippen LogP contribution < -0.4 is 5.32 Å². The number of anilines is 1. The fraction of sp³-hybridized carbons (Fsp3) is 0.333. The van der Waals surface area contributed by atoms with E-state index in [4.69, 9.17) is 4.74 Å². The second-order valence-electron chi connectivity index (χ2n) is 5.03. The number of nitrogens with zero attached hydrogens (tertiary/aromatic N) is 1. The monoisotopic (exact) mass is 316 g/mol. The molecular weight excluding hydrogens is 292 g/mol. The number of benzene rings is 1. The van der Waals surface area contributed by atoms with Gasteiger partial charge in [-0.2, -0.15) is 0 Å². The van der Waals surface area contributed by atoms with Crippen LogP contribution in [0.3, 0.4) is 0 Å². The van der Waals surface area contributed by atoms with Gasteiger partial charge in [-0.3, -0.25) is 9.69 Å². The fourth-order valence-corrected chi connectivity index (χ4v) is 1.94. The second kappa shape index (κ2) is 10.3. The highest BCUT2D eigenvalue weighted by atomic mass is 16.5. The number of amides is 1. The molecule has 0 atom stereocenters. The van der Waals surface area contributed by atoms with Gasteiger partial charge in [0.05, 0.1) is 18.7 Å². The molecule has 1 N–H and O–H groups in total. The van der Waals surface area contributed by atoms with Gasteiger partial charge in [-0.05, 0) is 30.7 Å². The molecule has 0 aromatic heterocycles. The quantitative estimate of drug-likeness (QED) is 0.533. The maximum absolute atomic E-state index is 12.0. The average molecular weight is 316 g/mol. The Morgan fingerprint density at radius 2 is 1.78 bits per heavy atom. The van der Waals surface area contributed by atoms with Crippen molar-refractivity contribution in [3.05, 3.63) is 55.1 Å². The van der Waals surface area contributed by atoms with Gasteiger partial charge in [-0.15, -0.1) is 13.2 Å². The summed E-state index contributed by atoms with van der Waals surface area (Å²) >= 11 is 0. The minimum Gasteiger partial charge on any atom is -0.462 e. The van der Waals surface area contributed by atoms with Crippen LogP contribution >= 0.6 is 0 Å². The Morgan fingerprint density at radius 1 is 1.17 bits per heavy atom. The lowest BCUT2D eigenvalue weighted by Crippen LogP contribution is -2.33. The van der Waals surface area contributed by atoms with Crippen molar-refractivity contribution in [3.63, 3.8) is 0 Å². The standard InChI is InChI=1S/C18H24N2O3/c1-4-11-20(12-5-2)14-17(21)19-16-9-7-15(8-10-16)18(22)23-13-6-3/h4-5,7-10H,1-2,6,11-14H2,3H3,(H,19,21). The average Bonchev–Trinajstić information content (AvgIpc) is 2.53. The van der Waals surface area contributed by atoms with E-state index in [1.54, 1.807) is 36.4 Å². The van der Waals surface area contributed by atoms with Gasteiger partial charge >= 0.3 is 5.97 Å². The lowest BCUT2D eigenvalue weighted by molar-refractivity contribution is -0.117. The molecule has 0 spiro atoms. The molecule has 124 valence electrons. The summed E-state index contributed by atoms with van der Waals surface area (Å²) in [5.74, 6) is -0.483. The largest absolute Gasteiger partial charge is 0.462 e. The molecule has 0 unspecified atom stereocenters. The molecule has 0 aliphatic carbocycles. The molecule has 23 heavy (non-hydrogen) atoms. The number of ether oxygens (including phenoxy) is 1. The van der Waals surface area contributed by atoms with E-state index in [-0.39, 0.29) is 18.4 Å². The first-order valence-corrected chi connectivity index (χ1v) is 7.61. The molecule has 1 aromatic carbocycles. The Labute approximate surface area is 137 Å². The summed E-state index contributed by atoms with van der Waals surface area (Å²) in [6.45, 7) is 11.2. The lowest BCUT2D eigenvalue weighted by atomic mass is 10.2. The van der Waals surface area contributed by atoms with E-state index in [1.165, 1.54) is 0 Å². The highest BCUT2D eigenvalue weighted by molar-refractivity contribution is 5.94. The number of carbonyl (C=O) groups is 2. The summed E-state index contributed by atoms with van der Waals surface area (Å²) < 4.78 is 5.05. The topological polar surface area (TPSA) is 58.6 Å². The fourth-order valence-electron chi connectivity index (χ4n) is 1.94. The van der Waals surface area contributed by atoms with Crippen LogP contribution in [0.5, 0.6) is 0 Å². The van der Waals surface area contributed by atoms with Crippen LogP contribution in [0, 0.1) is 0 Å². The van der Waals surface area contributed by atoms with Crippen LogP contribution in [-0.2, 0) is 9.53 Å². The van der Waals surface area contributed by atoms with Crippen LogP contribution in [0.4, 0.5) is 5.69 Å². The van der Waals surface area contributed by atoms with Gasteiger partial charge < -0.3 is 10.1 Å². The van der Waals surface area contributed by atoms with Gasteiger partial charge in [0.15, 0.2) is 0 Å². The minimum atomic E-state index is -0.354. The Kier molecular flexibility index (Phi) is 8.39. The number of carbonyl (C=O) groups excluding carboxylic acids is 2. The molecule has 0 saturated carbocycles. The molecule has 1 aromatic rings. The van der Waals surface area contributed by atoms with Crippen molar-refractivity contribution in [2.24, 2.45) is 0 Å². The Hall–Kier alpha value is -2.40. The third-order valence-electron chi connectivity index (χ3n) is 2.98. The smallest absolute Gasteiger partial charge is 0.338 e. The van der Waals surface area contributed by atoms with Gasteiger partial charge in [0.1, 0.15) is 0 Å². The normalized spacial score (nSPS) is 10.2. The zero-order valence-electron chi connectivity index (χ0n) is 13.6. The predicted octanol–water partition coefficient (Wildman–Crippen LogP) is 2.87. The molecule has 0 saturated heterocycles. The molecule has 1 rings (SSSR count). The van der Waals surface area contributed by atoms with Gasteiger partial charge in [-0.1, -0.05) is 19.1 Å². The Bertz CT molecular complexity index is 528. The molecule has 0 bridgehead atoms. The first-order chi connectivity index (χ1) is 11.1. The summed E-state index contributed by atoms with van der Waals surface area (Å²) in [6, 6.07) is 6.65. The van der Waals surface area contributed by atoms with Gasteiger partial charge in [-0.25, -0.2) is 4.79 Å². The van der Waals surface area contributed by atoms with Crippen molar-refractivity contribution in [2.75, 3.05) is 31.6 Å². The minimum absolute atomic E-state index is 0.130. The van der Waals surface area contributed by atoms with E-state index >= 15 is 0 Å². The first-order valence-electron chi connectivity index (χ1n) is 7.61. The van der Waals surface area contributed by atoms with Crippen molar-refractivity contribution in [2.45, 2.75) is 13.3 Å². The number of hydrogen-bond acceptors (Lipinski definition) is 4. The Balaban J connectivity index is 2.56. The van der Waals surface area contributed by atoms with Crippen molar-refractivity contribution >= 4 is 17.6 Å². The maximum Gasteiger partial charge on any atom is 0.338 e. The van der Waals surface area contributed by atoms with E-state index in [0.29, 0.717) is 30.9 Å². The zero-order chi connectivity index (χ0) is 17.1. The molecule has 0 aliphatic heterocycles. The Morgan fingerprint density at radius 3 is 2.30 bits per heavy atom. The SMILES string of the molecule is C=CCN(CC=C)CC(=O)Nc1ccc(C(=O)OCCC)cc1. The third-order valence-corrected chi connectivity index (χ3v) is 2.98. The van der Waals surface area contributed by atoms with Gasteiger partial charge in [0, 0.05) is 18.8 Å². The van der Waals surface area contributed by atoms with Crippen LogP contribution in [0.1, 0.15) is 23.7 Å². The molecule has 0 fully saturated rings. The summed E-state index contributed by atoms with van der Waals surface area (Å²) in [5.41, 5.74) is 1.11. The number of esters is 1. The number of nitrogens with one attached hydrogen (secondary N) is 1. The van der Waals surface area contributed by atoms with Gasteiger partial charge in [0.25, 0.3) is 0 Å². The molecular formula is C18H24N2O3. The zero-order valence-corrected chi connectivity index (χ0v) is 13.6. The third kappa shape index (κ3) is 6.93. The van der Waals surface area contributed by atoms with E-state index < -0.39 is 0 Å². The van der Waals surface area contributed by atoms with Crippen molar-refractivity contribution in [1.29, 1.82) is 0 Å². The molecule has 5 heteroatoms. The second-order valence-corrected chi connectivity index (χ2v) is 5.03. The van der Waals surface area contributed by atoms with Gasteiger partial charge in [0.2, 0.25) is 5.91 Å². The van der Waals surface area contributed by atoms with Crippen LogP contribution in [-0.4, -0.2) is 43.0 Å². The molecule has 0 radical (unpaired) electrons. The van der Waals surface area contributed by atoms with Crippen LogP contribution in [0.2, 0.25) is 0 Å². The van der Waals surface area contributed by atoms with E-state index in [0.717, 1.165) is 6.42 Å².